The number of anilines is 1. The molecule has 0 radical (unpaired) electrons. The van der Waals surface area contributed by atoms with E-state index in [1.807, 2.05) is 61.5 Å². The van der Waals surface area contributed by atoms with Gasteiger partial charge in [0.25, 0.3) is 0 Å². The van der Waals surface area contributed by atoms with Crippen molar-refractivity contribution in [1.82, 2.24) is 10.2 Å². The maximum Gasteiger partial charge on any atom is 0.313 e. The fraction of sp³-hybridized carbons (Fsp3) is 0.174. The lowest BCUT2D eigenvalue weighted by Gasteiger charge is -2.26. The lowest BCUT2D eigenvalue weighted by atomic mass is 9.98. The van der Waals surface area contributed by atoms with E-state index >= 15 is 0 Å². The van der Waals surface area contributed by atoms with Gasteiger partial charge in [0.05, 0.1) is 17.3 Å². The van der Waals surface area contributed by atoms with Crippen LogP contribution in [-0.2, 0) is 9.59 Å². The number of hydrogen-bond acceptors (Lipinski definition) is 4. The van der Waals surface area contributed by atoms with Crippen molar-refractivity contribution >= 4 is 28.3 Å². The van der Waals surface area contributed by atoms with E-state index in [-0.39, 0.29) is 12.6 Å². The Morgan fingerprint density at radius 1 is 0.966 bits per heavy atom. The van der Waals surface area contributed by atoms with Gasteiger partial charge in [-0.1, -0.05) is 54.6 Å². The first-order valence-corrected chi connectivity index (χ1v) is 9.23. The van der Waals surface area contributed by atoms with Gasteiger partial charge in [0, 0.05) is 6.54 Å². The van der Waals surface area contributed by atoms with Crippen LogP contribution in [0.1, 0.15) is 17.2 Å². The summed E-state index contributed by atoms with van der Waals surface area (Å²) in [5.74, 6) is -1.55. The summed E-state index contributed by atoms with van der Waals surface area (Å²) in [4.78, 5) is 26.6. The topological polar surface area (TPSA) is 85.2 Å². The molecule has 2 N–H and O–H groups in total. The molecule has 0 aromatic heterocycles. The SMILES string of the molecule is CN(C)C(CNC(=O)C(=O)Nc1ccccc1C#N)c1cccc2ccccc12. The highest BCUT2D eigenvalue weighted by atomic mass is 16.2. The van der Waals surface area contributed by atoms with Gasteiger partial charge in [0.1, 0.15) is 6.07 Å². The Labute approximate surface area is 169 Å². The van der Waals surface area contributed by atoms with Gasteiger partial charge in [0.2, 0.25) is 0 Å². The summed E-state index contributed by atoms with van der Waals surface area (Å²) in [6.07, 6.45) is 0. The molecular formula is C23H22N4O2. The monoisotopic (exact) mass is 386 g/mol. The van der Waals surface area contributed by atoms with Crippen molar-refractivity contribution in [2.45, 2.75) is 6.04 Å². The Bertz CT molecular complexity index is 1080. The Balaban J connectivity index is 1.73. The van der Waals surface area contributed by atoms with Gasteiger partial charge in [-0.15, -0.1) is 0 Å². The zero-order valence-corrected chi connectivity index (χ0v) is 16.3. The summed E-state index contributed by atoms with van der Waals surface area (Å²) < 4.78 is 0. The van der Waals surface area contributed by atoms with Crippen LogP contribution in [0.3, 0.4) is 0 Å². The molecule has 0 aliphatic carbocycles. The number of nitrogens with zero attached hydrogens (tertiary/aromatic N) is 2. The molecule has 3 aromatic rings. The van der Waals surface area contributed by atoms with Gasteiger partial charge in [0.15, 0.2) is 0 Å². The van der Waals surface area contributed by atoms with Crippen LogP contribution < -0.4 is 10.6 Å². The second-order valence-corrected chi connectivity index (χ2v) is 6.87. The number of amides is 2. The highest BCUT2D eigenvalue weighted by Gasteiger charge is 2.20. The second kappa shape index (κ2) is 9.00. The van der Waals surface area contributed by atoms with E-state index < -0.39 is 11.8 Å². The van der Waals surface area contributed by atoms with Crippen molar-refractivity contribution in [3.8, 4) is 6.07 Å². The molecule has 0 saturated heterocycles. The van der Waals surface area contributed by atoms with Crippen molar-refractivity contribution in [1.29, 1.82) is 5.26 Å². The Morgan fingerprint density at radius 2 is 1.66 bits per heavy atom. The zero-order chi connectivity index (χ0) is 20.8. The Morgan fingerprint density at radius 3 is 2.41 bits per heavy atom. The molecule has 6 heteroatoms. The van der Waals surface area contributed by atoms with Crippen molar-refractivity contribution < 1.29 is 9.59 Å². The minimum absolute atomic E-state index is 0.107. The van der Waals surface area contributed by atoms with Gasteiger partial charge in [-0.2, -0.15) is 5.26 Å². The Hall–Kier alpha value is -3.69. The van der Waals surface area contributed by atoms with Crippen LogP contribution in [0.5, 0.6) is 0 Å². The third-order valence-corrected chi connectivity index (χ3v) is 4.76. The number of carbonyl (C=O) groups is 2. The molecule has 1 atom stereocenters. The van der Waals surface area contributed by atoms with E-state index in [9.17, 15) is 9.59 Å². The first-order chi connectivity index (χ1) is 14.0. The fourth-order valence-electron chi connectivity index (χ4n) is 3.25. The smallest absolute Gasteiger partial charge is 0.313 e. The van der Waals surface area contributed by atoms with Crippen molar-refractivity contribution in [3.63, 3.8) is 0 Å². The van der Waals surface area contributed by atoms with E-state index in [0.717, 1.165) is 16.3 Å². The molecule has 0 heterocycles. The molecule has 0 fully saturated rings. The Kier molecular flexibility index (Phi) is 6.22. The molecule has 0 aliphatic heterocycles. The predicted molar refractivity (Wildman–Crippen MR) is 113 cm³/mol. The summed E-state index contributed by atoms with van der Waals surface area (Å²) >= 11 is 0. The highest BCUT2D eigenvalue weighted by Crippen LogP contribution is 2.26. The third kappa shape index (κ3) is 4.60. The predicted octanol–water partition coefficient (Wildman–Crippen LogP) is 3.07. The number of benzene rings is 3. The van der Waals surface area contributed by atoms with Crippen LogP contribution in [0, 0.1) is 11.3 Å². The number of rotatable bonds is 5. The van der Waals surface area contributed by atoms with Crippen LogP contribution in [0.2, 0.25) is 0 Å². The summed E-state index contributed by atoms with van der Waals surface area (Å²) in [5.41, 5.74) is 1.69. The second-order valence-electron chi connectivity index (χ2n) is 6.87. The molecule has 1 unspecified atom stereocenters. The third-order valence-electron chi connectivity index (χ3n) is 4.76. The molecular weight excluding hydrogens is 364 g/mol. The zero-order valence-electron chi connectivity index (χ0n) is 16.3. The highest BCUT2D eigenvalue weighted by molar-refractivity contribution is 6.39. The van der Waals surface area contributed by atoms with Gasteiger partial charge in [-0.05, 0) is 42.6 Å². The van der Waals surface area contributed by atoms with E-state index in [4.69, 9.17) is 5.26 Å². The molecule has 3 rings (SSSR count). The first-order valence-electron chi connectivity index (χ1n) is 9.23. The van der Waals surface area contributed by atoms with Gasteiger partial charge < -0.3 is 15.5 Å². The molecule has 2 amide bonds. The number of hydrogen-bond donors (Lipinski definition) is 2. The molecule has 0 bridgehead atoms. The number of para-hydroxylation sites is 1. The largest absolute Gasteiger partial charge is 0.346 e. The van der Waals surface area contributed by atoms with Gasteiger partial charge in [-0.3, -0.25) is 9.59 Å². The number of nitrogens with one attached hydrogen (secondary N) is 2. The maximum absolute atomic E-state index is 12.3. The number of nitriles is 1. The minimum Gasteiger partial charge on any atom is -0.346 e. The number of fused-ring (bicyclic) bond motifs is 1. The summed E-state index contributed by atoms with van der Waals surface area (Å²) in [6, 6.07) is 22.6. The van der Waals surface area contributed by atoms with Crippen LogP contribution in [0.4, 0.5) is 5.69 Å². The van der Waals surface area contributed by atoms with Crippen LogP contribution in [0.25, 0.3) is 10.8 Å². The van der Waals surface area contributed by atoms with Crippen LogP contribution in [-0.4, -0.2) is 37.4 Å². The first kappa shape index (κ1) is 20.1. The van der Waals surface area contributed by atoms with Gasteiger partial charge >= 0.3 is 11.8 Å². The van der Waals surface area contributed by atoms with E-state index in [1.165, 1.54) is 0 Å². The van der Waals surface area contributed by atoms with E-state index in [1.54, 1.807) is 24.3 Å². The van der Waals surface area contributed by atoms with Gasteiger partial charge in [-0.25, -0.2) is 0 Å². The average Bonchev–Trinajstić information content (AvgIpc) is 2.74. The van der Waals surface area contributed by atoms with Crippen LogP contribution in [0.15, 0.2) is 66.7 Å². The molecule has 0 spiro atoms. The summed E-state index contributed by atoms with van der Waals surface area (Å²) in [7, 11) is 3.86. The fourth-order valence-corrected chi connectivity index (χ4v) is 3.25. The number of likely N-dealkylation sites (N-methyl/N-ethyl adjacent to an activating group) is 1. The molecule has 146 valence electrons. The molecule has 0 saturated carbocycles. The van der Waals surface area contributed by atoms with Crippen LogP contribution >= 0.6 is 0 Å². The average molecular weight is 386 g/mol. The minimum atomic E-state index is -0.803. The lowest BCUT2D eigenvalue weighted by Crippen LogP contribution is -2.40. The molecule has 29 heavy (non-hydrogen) atoms. The quantitative estimate of drug-likeness (QED) is 0.660. The summed E-state index contributed by atoms with van der Waals surface area (Å²) in [5, 5.41) is 16.5. The standard InChI is InChI=1S/C23H22N4O2/c1-27(2)21(19-12-7-10-16-8-3-5-11-18(16)19)15-25-22(28)23(29)26-20-13-6-4-9-17(20)14-24/h3-13,21H,15H2,1-2H3,(H,25,28)(H,26,29). The maximum atomic E-state index is 12.3. The van der Waals surface area contributed by atoms with E-state index in [0.29, 0.717) is 11.3 Å². The summed E-state index contributed by atoms with van der Waals surface area (Å²) in [6.45, 7) is 0.271. The molecule has 6 nitrogen and oxygen atoms in total. The lowest BCUT2D eigenvalue weighted by molar-refractivity contribution is -0.136. The number of carbonyl (C=O) groups excluding carboxylic acids is 2. The molecule has 3 aromatic carbocycles. The normalized spacial score (nSPS) is 11.7. The van der Waals surface area contributed by atoms with E-state index in [2.05, 4.69) is 16.7 Å². The van der Waals surface area contributed by atoms with Crippen molar-refractivity contribution in [2.24, 2.45) is 0 Å². The van der Waals surface area contributed by atoms with Crippen molar-refractivity contribution in [3.05, 3.63) is 77.9 Å². The molecule has 0 aliphatic rings. The van der Waals surface area contributed by atoms with Crippen molar-refractivity contribution in [2.75, 3.05) is 26.0 Å².